The molecule has 3 heteroatoms. The van der Waals surface area contributed by atoms with Crippen molar-refractivity contribution in [2.45, 2.75) is 19.8 Å². The molecule has 0 fully saturated rings. The number of aliphatic hydroxyl groups is 1. The normalized spacial score (nSPS) is 9.07. The Morgan fingerprint density at radius 1 is 1.29 bits per heavy atom. The standard InChI is InChI=1S/C8H11N.C3H9NO/c1-2-7-5-3-4-6-8(7)9;4-2-1-3-5/h3-6H,2,9H2,1H3;5H,1-4H2. The van der Waals surface area contributed by atoms with E-state index in [1.807, 2.05) is 18.2 Å². The van der Waals surface area contributed by atoms with Gasteiger partial charge in [-0.05, 0) is 31.0 Å². The molecule has 3 nitrogen and oxygen atoms in total. The van der Waals surface area contributed by atoms with E-state index in [1.165, 1.54) is 5.56 Å². The first-order valence-electron chi connectivity index (χ1n) is 4.90. The molecule has 0 spiro atoms. The zero-order valence-electron chi connectivity index (χ0n) is 8.74. The van der Waals surface area contributed by atoms with Gasteiger partial charge in [0.25, 0.3) is 0 Å². The van der Waals surface area contributed by atoms with Crippen molar-refractivity contribution in [2.24, 2.45) is 5.73 Å². The van der Waals surface area contributed by atoms with Crippen LogP contribution < -0.4 is 11.5 Å². The van der Waals surface area contributed by atoms with E-state index in [1.54, 1.807) is 0 Å². The van der Waals surface area contributed by atoms with Crippen molar-refractivity contribution in [2.75, 3.05) is 18.9 Å². The van der Waals surface area contributed by atoms with Crippen LogP contribution in [-0.2, 0) is 6.42 Å². The Hall–Kier alpha value is -1.06. The van der Waals surface area contributed by atoms with Crippen molar-refractivity contribution in [1.29, 1.82) is 0 Å². The lowest BCUT2D eigenvalue weighted by atomic mass is 10.1. The van der Waals surface area contributed by atoms with E-state index in [-0.39, 0.29) is 6.61 Å². The zero-order valence-corrected chi connectivity index (χ0v) is 8.74. The number of aliphatic hydroxyl groups excluding tert-OH is 1. The molecule has 1 aromatic rings. The van der Waals surface area contributed by atoms with Crippen LogP contribution in [-0.4, -0.2) is 18.3 Å². The average molecular weight is 196 g/mol. The summed E-state index contributed by atoms with van der Waals surface area (Å²) in [4.78, 5) is 0. The van der Waals surface area contributed by atoms with Gasteiger partial charge in [0.05, 0.1) is 0 Å². The molecule has 0 bridgehead atoms. The minimum Gasteiger partial charge on any atom is -0.399 e. The molecule has 14 heavy (non-hydrogen) atoms. The van der Waals surface area contributed by atoms with Gasteiger partial charge in [0.15, 0.2) is 0 Å². The van der Waals surface area contributed by atoms with E-state index in [4.69, 9.17) is 16.6 Å². The van der Waals surface area contributed by atoms with Crippen molar-refractivity contribution in [1.82, 2.24) is 0 Å². The molecule has 0 saturated carbocycles. The summed E-state index contributed by atoms with van der Waals surface area (Å²) in [5.41, 5.74) is 12.7. The second kappa shape index (κ2) is 8.53. The summed E-state index contributed by atoms with van der Waals surface area (Å²) < 4.78 is 0. The predicted molar refractivity (Wildman–Crippen MR) is 61.0 cm³/mol. The van der Waals surface area contributed by atoms with Crippen LogP contribution in [0.5, 0.6) is 0 Å². The summed E-state index contributed by atoms with van der Waals surface area (Å²) >= 11 is 0. The number of nitrogens with two attached hydrogens (primary N) is 2. The highest BCUT2D eigenvalue weighted by molar-refractivity contribution is 5.46. The van der Waals surface area contributed by atoms with E-state index in [0.717, 1.165) is 18.5 Å². The molecule has 80 valence electrons. The Balaban J connectivity index is 0.000000292. The second-order valence-corrected chi connectivity index (χ2v) is 2.92. The van der Waals surface area contributed by atoms with Crippen molar-refractivity contribution in [3.8, 4) is 0 Å². The molecule has 1 rings (SSSR count). The van der Waals surface area contributed by atoms with Crippen LogP contribution >= 0.6 is 0 Å². The van der Waals surface area contributed by atoms with Crippen molar-refractivity contribution >= 4 is 5.69 Å². The molecule has 0 aliphatic rings. The van der Waals surface area contributed by atoms with E-state index in [2.05, 4.69) is 13.0 Å². The topological polar surface area (TPSA) is 72.3 Å². The third kappa shape index (κ3) is 5.56. The number of aryl methyl sites for hydroxylation is 1. The van der Waals surface area contributed by atoms with Gasteiger partial charge in [-0.2, -0.15) is 0 Å². The number of anilines is 1. The molecular weight excluding hydrogens is 176 g/mol. The van der Waals surface area contributed by atoms with Gasteiger partial charge < -0.3 is 16.6 Å². The van der Waals surface area contributed by atoms with Crippen molar-refractivity contribution < 1.29 is 5.11 Å². The van der Waals surface area contributed by atoms with Gasteiger partial charge in [-0.25, -0.2) is 0 Å². The van der Waals surface area contributed by atoms with Gasteiger partial charge in [0, 0.05) is 12.3 Å². The largest absolute Gasteiger partial charge is 0.399 e. The molecule has 0 radical (unpaired) electrons. The summed E-state index contributed by atoms with van der Waals surface area (Å²) in [6.45, 7) is 2.92. The molecule has 5 N–H and O–H groups in total. The van der Waals surface area contributed by atoms with Crippen LogP contribution in [0.2, 0.25) is 0 Å². The molecule has 0 amide bonds. The molecule has 0 heterocycles. The minimum atomic E-state index is 0.219. The Kier molecular flexibility index (Phi) is 7.89. The highest BCUT2D eigenvalue weighted by Gasteiger charge is 1.90. The molecule has 0 atom stereocenters. The number of hydrogen-bond donors (Lipinski definition) is 3. The maximum atomic E-state index is 7.99. The molecule has 1 aromatic carbocycles. The molecular formula is C11H20N2O. The first kappa shape index (κ1) is 12.9. The van der Waals surface area contributed by atoms with E-state index in [0.29, 0.717) is 6.54 Å². The highest BCUT2D eigenvalue weighted by Crippen LogP contribution is 2.09. The van der Waals surface area contributed by atoms with Crippen LogP contribution in [0.15, 0.2) is 24.3 Å². The van der Waals surface area contributed by atoms with Crippen LogP contribution in [0.1, 0.15) is 18.9 Å². The fourth-order valence-electron chi connectivity index (χ4n) is 0.947. The molecule has 0 aliphatic heterocycles. The minimum absolute atomic E-state index is 0.219. The molecule has 0 aliphatic carbocycles. The maximum Gasteiger partial charge on any atom is 0.0443 e. The summed E-state index contributed by atoms with van der Waals surface area (Å²) in [5.74, 6) is 0. The zero-order chi connectivity index (χ0) is 10.8. The van der Waals surface area contributed by atoms with Crippen molar-refractivity contribution in [3.05, 3.63) is 29.8 Å². The van der Waals surface area contributed by atoms with E-state index < -0.39 is 0 Å². The first-order valence-corrected chi connectivity index (χ1v) is 4.90. The van der Waals surface area contributed by atoms with Crippen LogP contribution in [0.25, 0.3) is 0 Å². The van der Waals surface area contributed by atoms with Crippen LogP contribution in [0.4, 0.5) is 5.69 Å². The molecule has 0 aromatic heterocycles. The average Bonchev–Trinajstić information content (AvgIpc) is 2.21. The van der Waals surface area contributed by atoms with E-state index in [9.17, 15) is 0 Å². The van der Waals surface area contributed by atoms with E-state index >= 15 is 0 Å². The van der Waals surface area contributed by atoms with Crippen LogP contribution in [0, 0.1) is 0 Å². The first-order chi connectivity index (χ1) is 6.76. The predicted octanol–water partition coefficient (Wildman–Crippen LogP) is 1.16. The number of hydrogen-bond acceptors (Lipinski definition) is 3. The quantitative estimate of drug-likeness (QED) is 0.635. The van der Waals surface area contributed by atoms with Gasteiger partial charge in [0.2, 0.25) is 0 Å². The van der Waals surface area contributed by atoms with Gasteiger partial charge in [0.1, 0.15) is 0 Å². The van der Waals surface area contributed by atoms with Crippen molar-refractivity contribution in [3.63, 3.8) is 0 Å². The highest BCUT2D eigenvalue weighted by atomic mass is 16.2. The summed E-state index contributed by atoms with van der Waals surface area (Å²) in [7, 11) is 0. The van der Waals surface area contributed by atoms with Crippen LogP contribution in [0.3, 0.4) is 0 Å². The molecule has 0 unspecified atom stereocenters. The number of rotatable bonds is 3. The smallest absolute Gasteiger partial charge is 0.0443 e. The lowest BCUT2D eigenvalue weighted by Gasteiger charge is -1.98. The number of benzene rings is 1. The third-order valence-electron chi connectivity index (χ3n) is 1.80. The Morgan fingerprint density at radius 3 is 2.21 bits per heavy atom. The van der Waals surface area contributed by atoms with Gasteiger partial charge >= 0.3 is 0 Å². The Bertz CT molecular complexity index is 236. The second-order valence-electron chi connectivity index (χ2n) is 2.92. The summed E-state index contributed by atoms with van der Waals surface area (Å²) in [6.07, 6.45) is 1.74. The fourth-order valence-corrected chi connectivity index (χ4v) is 0.947. The maximum absolute atomic E-state index is 7.99. The van der Waals surface area contributed by atoms with Gasteiger partial charge in [-0.1, -0.05) is 25.1 Å². The number of para-hydroxylation sites is 1. The van der Waals surface area contributed by atoms with Gasteiger partial charge in [-0.3, -0.25) is 0 Å². The number of nitrogen functional groups attached to an aromatic ring is 1. The monoisotopic (exact) mass is 196 g/mol. The lowest BCUT2D eigenvalue weighted by molar-refractivity contribution is 0.291. The Morgan fingerprint density at radius 2 is 1.93 bits per heavy atom. The summed E-state index contributed by atoms with van der Waals surface area (Å²) in [6, 6.07) is 7.94. The third-order valence-corrected chi connectivity index (χ3v) is 1.80. The van der Waals surface area contributed by atoms with Gasteiger partial charge in [-0.15, -0.1) is 0 Å². The fraction of sp³-hybridized carbons (Fsp3) is 0.455. The summed E-state index contributed by atoms with van der Waals surface area (Å²) in [5, 5.41) is 7.99. The lowest BCUT2D eigenvalue weighted by Crippen LogP contribution is -1.99. The molecule has 0 saturated heterocycles. The Labute approximate surface area is 85.7 Å². The SMILES string of the molecule is CCc1ccccc1N.NCCCO.